The van der Waals surface area contributed by atoms with Crippen LogP contribution in [0.5, 0.6) is 0 Å². The summed E-state index contributed by atoms with van der Waals surface area (Å²) in [6, 6.07) is -0.160. The number of azide groups is 1. The minimum Gasteiger partial charge on any atom is -0.455 e. The predicted octanol–water partition coefficient (Wildman–Crippen LogP) is 0.301. The van der Waals surface area contributed by atoms with Crippen molar-refractivity contribution in [3.8, 4) is 0 Å². The van der Waals surface area contributed by atoms with Gasteiger partial charge in [0.15, 0.2) is 23.8 Å². The van der Waals surface area contributed by atoms with E-state index in [0.717, 1.165) is 10.9 Å². The number of aliphatic hydroxyl groups excluding tert-OH is 1. The molecule has 59 heavy (non-hydrogen) atoms. The number of ether oxygens (including phenoxy) is 4. The van der Waals surface area contributed by atoms with Crippen LogP contribution in [0.3, 0.4) is 0 Å². The maximum absolute atomic E-state index is 13.7. The SMILES string of the molecule is CC(C)(C)OC(=O)NC(CCCN=[N+]=[N-])C(=O)O[C@H]1[C@@H](O)[C@H](n2cnc3c(N)ncnc32)O[C@@H]1COP(=O)(O)O[C@H]1C[C@H](n2ccc(N)nc2=O)O[C@H]1COP(=O)(O)O. The van der Waals surface area contributed by atoms with Crippen molar-refractivity contribution in [2.75, 3.05) is 31.2 Å². The first-order valence-electron chi connectivity index (χ1n) is 17.5. The van der Waals surface area contributed by atoms with Crippen LogP contribution in [-0.2, 0) is 46.4 Å². The lowest BCUT2D eigenvalue weighted by Crippen LogP contribution is -2.47. The molecule has 2 unspecified atom stereocenters. The van der Waals surface area contributed by atoms with Crippen molar-refractivity contribution in [1.29, 1.82) is 0 Å². The summed E-state index contributed by atoms with van der Waals surface area (Å²) in [5.41, 5.74) is 18.5. The van der Waals surface area contributed by atoms with Crippen LogP contribution in [-0.4, -0.2) is 123 Å². The first-order chi connectivity index (χ1) is 27.6. The van der Waals surface area contributed by atoms with Gasteiger partial charge in [-0.25, -0.2) is 38.5 Å². The van der Waals surface area contributed by atoms with E-state index < -0.39 is 101 Å². The topological polar surface area (TPSA) is 405 Å². The Bertz CT molecular complexity index is 2190. The fraction of sp³-hybridized carbons (Fsp3) is 0.621. The van der Waals surface area contributed by atoms with Gasteiger partial charge < -0.3 is 55.5 Å². The van der Waals surface area contributed by atoms with Crippen LogP contribution < -0.4 is 22.5 Å². The van der Waals surface area contributed by atoms with Gasteiger partial charge in [-0.15, -0.1) is 0 Å². The molecule has 2 aliphatic heterocycles. The standard InChI is InChI=1S/C29H42N12O16P2/c1-29(2,3)56-28(45)37-14(5-4-7-36-39-32)26(43)55-22-17(54-25(21(22)42)41-13-35-20-23(31)33-12-34-24(20)41)11-52-59(49,50)57-15-9-19(40-8-6-18(30)38-27(40)44)53-16(15)10-51-58(46,47)48/h6,8,12-17,19,21-22,25,42H,4-5,7,9-11H2,1-3H3,(H,37,45)(H,49,50)(H2,30,38,44)(H2,31,33,34)(H2,46,47,48)/t14?,15-,16-,17+,19+,21+,22+,25+/m0/s1. The molecule has 0 aliphatic carbocycles. The molecule has 9 atom stereocenters. The molecule has 30 heteroatoms. The van der Waals surface area contributed by atoms with E-state index in [0.29, 0.717) is 0 Å². The average molecular weight is 877 g/mol. The maximum Gasteiger partial charge on any atom is 0.472 e. The third kappa shape index (κ3) is 12.1. The van der Waals surface area contributed by atoms with Crippen molar-refractivity contribution in [2.24, 2.45) is 5.11 Å². The van der Waals surface area contributed by atoms with Gasteiger partial charge >= 0.3 is 33.4 Å². The number of nitrogens with two attached hydrogens (primary N) is 2. The highest BCUT2D eigenvalue weighted by Crippen LogP contribution is 2.50. The van der Waals surface area contributed by atoms with E-state index in [1.165, 1.54) is 23.2 Å². The number of phosphoric acid groups is 2. The van der Waals surface area contributed by atoms with E-state index in [9.17, 15) is 43.3 Å². The van der Waals surface area contributed by atoms with E-state index in [1.54, 1.807) is 20.8 Å². The van der Waals surface area contributed by atoms with Crippen LogP contribution in [0.15, 0.2) is 34.8 Å². The minimum atomic E-state index is -5.24. The van der Waals surface area contributed by atoms with Gasteiger partial charge in [0.2, 0.25) is 0 Å². The number of alkyl carbamates (subject to hydrolysis) is 1. The molecule has 3 aromatic rings. The number of hydrogen-bond acceptors (Lipinski definition) is 20. The molecule has 5 heterocycles. The number of anilines is 2. The molecule has 2 aliphatic rings. The molecule has 0 saturated carbocycles. The number of carbonyl (C=O) groups is 2. The summed E-state index contributed by atoms with van der Waals surface area (Å²) in [4.78, 5) is 86.7. The van der Waals surface area contributed by atoms with Gasteiger partial charge in [0.05, 0.1) is 19.5 Å². The zero-order valence-corrected chi connectivity index (χ0v) is 33.2. The summed E-state index contributed by atoms with van der Waals surface area (Å²) < 4.78 is 64.9. The normalized spacial score (nSPS) is 24.9. The fourth-order valence-corrected chi connectivity index (χ4v) is 7.23. The quantitative estimate of drug-likeness (QED) is 0.0239. The van der Waals surface area contributed by atoms with Crippen molar-refractivity contribution in [3.63, 3.8) is 0 Å². The summed E-state index contributed by atoms with van der Waals surface area (Å²) in [5.74, 6) is -1.25. The van der Waals surface area contributed by atoms with Crippen LogP contribution in [0, 0.1) is 0 Å². The molecule has 5 rings (SSSR count). The molecule has 2 saturated heterocycles. The summed E-state index contributed by atoms with van der Waals surface area (Å²) in [5, 5.41) is 17.4. The molecule has 0 spiro atoms. The van der Waals surface area contributed by atoms with Gasteiger partial charge in [0.25, 0.3) is 0 Å². The number of esters is 1. The number of rotatable bonds is 17. The van der Waals surface area contributed by atoms with Gasteiger partial charge in [-0.3, -0.25) is 22.7 Å². The first-order valence-corrected chi connectivity index (χ1v) is 20.5. The van der Waals surface area contributed by atoms with Gasteiger partial charge in [-0.1, -0.05) is 5.11 Å². The van der Waals surface area contributed by atoms with Crippen LogP contribution >= 0.6 is 15.6 Å². The number of fused-ring (bicyclic) bond motifs is 1. The Hall–Kier alpha value is -4.82. The average Bonchev–Trinajstić information content (AvgIpc) is 3.82. The Kier molecular flexibility index (Phi) is 14.3. The molecule has 3 aromatic heterocycles. The molecule has 28 nitrogen and oxygen atoms in total. The van der Waals surface area contributed by atoms with E-state index in [-0.39, 0.29) is 48.6 Å². The zero-order valence-electron chi connectivity index (χ0n) is 31.4. The number of aliphatic hydroxyl groups is 1. The van der Waals surface area contributed by atoms with Crippen LogP contribution in [0.1, 0.15) is 52.5 Å². The fourth-order valence-electron chi connectivity index (χ4n) is 5.93. The Morgan fingerprint density at radius 2 is 1.85 bits per heavy atom. The number of phosphoric ester groups is 2. The van der Waals surface area contributed by atoms with E-state index in [4.69, 9.17) is 45.0 Å². The van der Waals surface area contributed by atoms with Crippen LogP contribution in [0.25, 0.3) is 21.6 Å². The van der Waals surface area contributed by atoms with E-state index >= 15 is 0 Å². The maximum atomic E-state index is 13.7. The number of nitrogens with zero attached hydrogens (tertiary/aromatic N) is 9. The zero-order chi connectivity index (χ0) is 43.3. The summed E-state index contributed by atoms with van der Waals surface area (Å²) in [6.07, 6.45) is -8.52. The number of nitrogens with one attached hydrogen (secondary N) is 1. The summed E-state index contributed by atoms with van der Waals surface area (Å²) in [7, 11) is -10.3. The van der Waals surface area contributed by atoms with Crippen molar-refractivity contribution >= 4 is 50.5 Å². The number of imidazole rings is 1. The third-order valence-electron chi connectivity index (χ3n) is 8.43. The second kappa shape index (κ2) is 18.6. The number of aromatic nitrogens is 6. The highest BCUT2D eigenvalue weighted by Gasteiger charge is 2.50. The van der Waals surface area contributed by atoms with Crippen LogP contribution in [0.4, 0.5) is 16.4 Å². The number of hydrogen-bond donors (Lipinski definition) is 7. The summed E-state index contributed by atoms with van der Waals surface area (Å²) in [6.45, 7) is 2.93. The molecule has 2 fully saturated rings. The largest absolute Gasteiger partial charge is 0.472 e. The smallest absolute Gasteiger partial charge is 0.455 e. The summed E-state index contributed by atoms with van der Waals surface area (Å²) >= 11 is 0. The van der Waals surface area contributed by atoms with E-state index in [1.807, 2.05) is 0 Å². The second-order valence-electron chi connectivity index (χ2n) is 13.9. The highest BCUT2D eigenvalue weighted by molar-refractivity contribution is 7.47. The van der Waals surface area contributed by atoms with Gasteiger partial charge in [0, 0.05) is 24.1 Å². The second-order valence-corrected chi connectivity index (χ2v) is 16.6. The molecule has 1 amide bonds. The Morgan fingerprint density at radius 1 is 1.12 bits per heavy atom. The van der Waals surface area contributed by atoms with Gasteiger partial charge in [-0.05, 0) is 45.2 Å². The first kappa shape index (κ1) is 45.3. The van der Waals surface area contributed by atoms with Crippen molar-refractivity contribution in [2.45, 2.75) is 94.7 Å². The predicted molar refractivity (Wildman–Crippen MR) is 196 cm³/mol. The number of amides is 1. The lowest BCUT2D eigenvalue weighted by Gasteiger charge is -2.26. The lowest BCUT2D eigenvalue weighted by atomic mass is 10.1. The van der Waals surface area contributed by atoms with Crippen molar-refractivity contribution in [3.05, 3.63) is 45.8 Å². The molecular weight excluding hydrogens is 834 g/mol. The Labute approximate surface area is 332 Å². The monoisotopic (exact) mass is 876 g/mol. The van der Waals surface area contributed by atoms with Crippen molar-refractivity contribution in [1.82, 2.24) is 34.4 Å². The van der Waals surface area contributed by atoms with Gasteiger partial charge in [0.1, 0.15) is 59.9 Å². The Morgan fingerprint density at radius 3 is 2.53 bits per heavy atom. The molecule has 324 valence electrons. The Balaban J connectivity index is 1.38. The van der Waals surface area contributed by atoms with Gasteiger partial charge in [-0.2, -0.15) is 4.98 Å². The third-order valence-corrected chi connectivity index (χ3v) is 9.93. The number of nitrogen functional groups attached to an aromatic ring is 2. The van der Waals surface area contributed by atoms with E-state index in [2.05, 4.69) is 39.8 Å². The van der Waals surface area contributed by atoms with Crippen molar-refractivity contribution < 1.29 is 71.0 Å². The lowest BCUT2D eigenvalue weighted by molar-refractivity contribution is -0.159. The molecule has 0 bridgehead atoms. The molecule has 0 aromatic carbocycles. The molecule has 0 radical (unpaired) electrons. The molecular formula is C29H42N12O16P2. The minimum absolute atomic E-state index is 0.0144. The molecule has 9 N–H and O–H groups in total. The number of carbonyl (C=O) groups excluding carboxylic acids is 2. The van der Waals surface area contributed by atoms with Crippen LogP contribution in [0.2, 0.25) is 0 Å². The highest BCUT2D eigenvalue weighted by atomic mass is 31.2.